The Labute approximate surface area is 94.8 Å². The summed E-state index contributed by atoms with van der Waals surface area (Å²) >= 11 is 0. The van der Waals surface area contributed by atoms with Crippen molar-refractivity contribution in [2.75, 3.05) is 19.7 Å². The zero-order valence-electron chi connectivity index (χ0n) is 10.4. The molecule has 0 aromatic carbocycles. The Morgan fingerprint density at radius 2 is 2.13 bits per heavy atom. The van der Waals surface area contributed by atoms with Crippen LogP contribution in [0.3, 0.4) is 0 Å². The van der Waals surface area contributed by atoms with E-state index in [0.717, 1.165) is 32.0 Å². The first kappa shape index (κ1) is 13.0. The minimum Gasteiger partial charge on any atom is -0.377 e. The van der Waals surface area contributed by atoms with E-state index in [0.29, 0.717) is 6.10 Å². The maximum atomic E-state index is 5.88. The third kappa shape index (κ3) is 5.53. The predicted molar refractivity (Wildman–Crippen MR) is 65.1 cm³/mol. The van der Waals surface area contributed by atoms with Gasteiger partial charge in [0.1, 0.15) is 0 Å². The number of hydrogen-bond acceptors (Lipinski definition) is 2. The first-order valence-corrected chi connectivity index (χ1v) is 6.69. The van der Waals surface area contributed by atoms with Crippen molar-refractivity contribution in [2.45, 2.75) is 58.5 Å². The van der Waals surface area contributed by atoms with Crippen molar-refractivity contribution in [1.82, 2.24) is 5.32 Å². The maximum absolute atomic E-state index is 5.88. The lowest BCUT2D eigenvalue weighted by molar-refractivity contribution is 0.0361. The summed E-state index contributed by atoms with van der Waals surface area (Å²) in [7, 11) is 0. The van der Waals surface area contributed by atoms with E-state index in [9.17, 15) is 0 Å². The maximum Gasteiger partial charge on any atom is 0.0696 e. The van der Waals surface area contributed by atoms with Gasteiger partial charge in [-0.2, -0.15) is 0 Å². The molecule has 15 heavy (non-hydrogen) atoms. The van der Waals surface area contributed by atoms with Crippen LogP contribution in [-0.4, -0.2) is 25.8 Å². The largest absolute Gasteiger partial charge is 0.377 e. The van der Waals surface area contributed by atoms with E-state index in [2.05, 4.69) is 19.2 Å². The lowest BCUT2D eigenvalue weighted by atomic mass is 9.83. The highest BCUT2D eigenvalue weighted by Gasteiger charge is 2.17. The van der Waals surface area contributed by atoms with Crippen LogP contribution >= 0.6 is 0 Å². The van der Waals surface area contributed by atoms with E-state index in [1.54, 1.807) is 0 Å². The van der Waals surface area contributed by atoms with Crippen molar-refractivity contribution >= 4 is 0 Å². The topological polar surface area (TPSA) is 21.3 Å². The standard InChI is InChI=1S/C13H27NO/c1-3-9-14-11-13(4-2)15-10-8-12-6-5-7-12/h12-14H,3-11H2,1-2H3. The minimum atomic E-state index is 0.427. The van der Waals surface area contributed by atoms with E-state index in [-0.39, 0.29) is 0 Å². The molecule has 0 bridgehead atoms. The molecule has 90 valence electrons. The summed E-state index contributed by atoms with van der Waals surface area (Å²) in [6.07, 6.45) is 8.36. The zero-order valence-corrected chi connectivity index (χ0v) is 10.4. The molecule has 2 nitrogen and oxygen atoms in total. The number of rotatable bonds is 9. The van der Waals surface area contributed by atoms with Crippen LogP contribution in [0.25, 0.3) is 0 Å². The van der Waals surface area contributed by atoms with Crippen molar-refractivity contribution in [2.24, 2.45) is 5.92 Å². The van der Waals surface area contributed by atoms with Crippen LogP contribution < -0.4 is 5.32 Å². The predicted octanol–water partition coefficient (Wildman–Crippen LogP) is 2.97. The fraction of sp³-hybridized carbons (Fsp3) is 1.00. The van der Waals surface area contributed by atoms with Crippen molar-refractivity contribution in [3.05, 3.63) is 0 Å². The summed E-state index contributed by atoms with van der Waals surface area (Å²) < 4.78 is 5.88. The van der Waals surface area contributed by atoms with Gasteiger partial charge in [-0.25, -0.2) is 0 Å². The number of ether oxygens (including phenoxy) is 1. The normalized spacial score (nSPS) is 18.8. The Bertz CT molecular complexity index is 145. The second kappa shape index (κ2) is 8.12. The monoisotopic (exact) mass is 213 g/mol. The Balaban J connectivity index is 1.94. The van der Waals surface area contributed by atoms with Crippen LogP contribution in [0.4, 0.5) is 0 Å². The minimum absolute atomic E-state index is 0.427. The van der Waals surface area contributed by atoms with E-state index in [1.165, 1.54) is 32.1 Å². The summed E-state index contributed by atoms with van der Waals surface area (Å²) in [6.45, 7) is 7.52. The van der Waals surface area contributed by atoms with Crippen LogP contribution in [0, 0.1) is 5.92 Å². The van der Waals surface area contributed by atoms with E-state index in [1.807, 2.05) is 0 Å². The summed E-state index contributed by atoms with van der Waals surface area (Å²) in [5, 5.41) is 3.43. The van der Waals surface area contributed by atoms with Gasteiger partial charge in [-0.05, 0) is 31.7 Å². The fourth-order valence-corrected chi connectivity index (χ4v) is 1.94. The van der Waals surface area contributed by atoms with Crippen LogP contribution in [0.5, 0.6) is 0 Å². The van der Waals surface area contributed by atoms with Gasteiger partial charge in [-0.1, -0.05) is 33.1 Å². The van der Waals surface area contributed by atoms with Gasteiger partial charge in [-0.3, -0.25) is 0 Å². The molecule has 0 aromatic rings. The molecule has 1 fully saturated rings. The molecule has 1 unspecified atom stereocenters. The highest BCUT2D eigenvalue weighted by molar-refractivity contribution is 4.69. The lowest BCUT2D eigenvalue weighted by Gasteiger charge is -2.26. The van der Waals surface area contributed by atoms with Crippen molar-refractivity contribution in [3.8, 4) is 0 Å². The van der Waals surface area contributed by atoms with Crippen molar-refractivity contribution in [1.29, 1.82) is 0 Å². The first-order chi connectivity index (χ1) is 7.36. The Morgan fingerprint density at radius 3 is 2.67 bits per heavy atom. The van der Waals surface area contributed by atoms with Gasteiger partial charge in [-0.15, -0.1) is 0 Å². The average Bonchev–Trinajstić information content (AvgIpc) is 2.19. The third-order valence-corrected chi connectivity index (χ3v) is 3.36. The fourth-order valence-electron chi connectivity index (χ4n) is 1.94. The summed E-state index contributed by atoms with van der Waals surface area (Å²) in [5.74, 6) is 0.978. The molecule has 0 aromatic heterocycles. The molecule has 0 heterocycles. The van der Waals surface area contributed by atoms with Gasteiger partial charge in [0.25, 0.3) is 0 Å². The molecule has 1 N–H and O–H groups in total. The second-order valence-corrected chi connectivity index (χ2v) is 4.69. The van der Waals surface area contributed by atoms with Gasteiger partial charge >= 0.3 is 0 Å². The van der Waals surface area contributed by atoms with Gasteiger partial charge < -0.3 is 10.1 Å². The quantitative estimate of drug-likeness (QED) is 0.595. The molecule has 1 aliphatic rings. The molecule has 0 saturated heterocycles. The smallest absolute Gasteiger partial charge is 0.0696 e. The number of nitrogens with one attached hydrogen (secondary N) is 1. The Morgan fingerprint density at radius 1 is 1.33 bits per heavy atom. The van der Waals surface area contributed by atoms with Crippen molar-refractivity contribution < 1.29 is 4.74 Å². The lowest BCUT2D eigenvalue weighted by Crippen LogP contribution is -2.30. The molecule has 1 rings (SSSR count). The summed E-state index contributed by atoms with van der Waals surface area (Å²) in [6, 6.07) is 0. The van der Waals surface area contributed by atoms with Crippen LogP contribution in [0.15, 0.2) is 0 Å². The Kier molecular flexibility index (Phi) is 7.03. The van der Waals surface area contributed by atoms with Gasteiger partial charge in [0, 0.05) is 13.2 Å². The molecule has 0 spiro atoms. The van der Waals surface area contributed by atoms with Gasteiger partial charge in [0.15, 0.2) is 0 Å². The van der Waals surface area contributed by atoms with Gasteiger partial charge in [0.2, 0.25) is 0 Å². The molecule has 0 radical (unpaired) electrons. The molecule has 1 aliphatic carbocycles. The first-order valence-electron chi connectivity index (χ1n) is 6.69. The van der Waals surface area contributed by atoms with E-state index < -0.39 is 0 Å². The average molecular weight is 213 g/mol. The number of hydrogen-bond donors (Lipinski definition) is 1. The molecule has 1 saturated carbocycles. The molecule has 1 atom stereocenters. The van der Waals surface area contributed by atoms with Gasteiger partial charge in [0.05, 0.1) is 6.10 Å². The second-order valence-electron chi connectivity index (χ2n) is 4.69. The molecular formula is C13H27NO. The third-order valence-electron chi connectivity index (χ3n) is 3.36. The molecular weight excluding hydrogens is 186 g/mol. The highest BCUT2D eigenvalue weighted by Crippen LogP contribution is 2.29. The van der Waals surface area contributed by atoms with Crippen LogP contribution in [0.2, 0.25) is 0 Å². The van der Waals surface area contributed by atoms with Crippen LogP contribution in [-0.2, 0) is 4.74 Å². The summed E-state index contributed by atoms with van der Waals surface area (Å²) in [5.41, 5.74) is 0. The summed E-state index contributed by atoms with van der Waals surface area (Å²) in [4.78, 5) is 0. The SMILES string of the molecule is CCCNCC(CC)OCCC1CCC1. The van der Waals surface area contributed by atoms with E-state index >= 15 is 0 Å². The van der Waals surface area contributed by atoms with Crippen LogP contribution in [0.1, 0.15) is 52.4 Å². The highest BCUT2D eigenvalue weighted by atomic mass is 16.5. The molecule has 0 aliphatic heterocycles. The van der Waals surface area contributed by atoms with E-state index in [4.69, 9.17) is 4.74 Å². The molecule has 2 heteroatoms. The molecule has 0 amide bonds. The Hall–Kier alpha value is -0.0800. The zero-order chi connectivity index (χ0) is 10.9. The van der Waals surface area contributed by atoms with Crippen molar-refractivity contribution in [3.63, 3.8) is 0 Å².